The van der Waals surface area contributed by atoms with Gasteiger partial charge in [-0.25, -0.2) is 0 Å². The minimum Gasteiger partial charge on any atom is -0.391 e. The van der Waals surface area contributed by atoms with Crippen molar-refractivity contribution in [2.45, 2.75) is 51.4 Å². The minimum absolute atomic E-state index is 0.137. The monoisotopic (exact) mass is 419 g/mol. The first-order valence-electron chi connectivity index (χ1n) is 10.8. The van der Waals surface area contributed by atoms with Crippen LogP contribution in [0.2, 0.25) is 0 Å². The van der Waals surface area contributed by atoms with Gasteiger partial charge >= 0.3 is 0 Å². The summed E-state index contributed by atoms with van der Waals surface area (Å²) in [4.78, 5) is 63.6. The highest BCUT2D eigenvalue weighted by atomic mass is 16.2. The van der Waals surface area contributed by atoms with E-state index in [0.29, 0.717) is 24.1 Å². The van der Waals surface area contributed by atoms with Crippen molar-refractivity contribution in [3.63, 3.8) is 0 Å². The molecule has 1 N–H and O–H groups in total. The molecular formula is C25H25NO5. The molecule has 3 aliphatic carbocycles. The molecule has 1 aromatic carbocycles. The summed E-state index contributed by atoms with van der Waals surface area (Å²) < 4.78 is 0. The van der Waals surface area contributed by atoms with Crippen LogP contribution in [0.1, 0.15) is 82.6 Å². The van der Waals surface area contributed by atoms with Gasteiger partial charge < -0.3 is 5.32 Å². The molecular weight excluding hydrogens is 394 g/mol. The molecule has 1 unspecified atom stereocenters. The van der Waals surface area contributed by atoms with Gasteiger partial charge in [0.15, 0.2) is 17.3 Å². The normalized spacial score (nSPS) is 26.1. The van der Waals surface area contributed by atoms with E-state index in [1.165, 1.54) is 18.2 Å². The van der Waals surface area contributed by atoms with E-state index in [-0.39, 0.29) is 40.5 Å². The molecule has 1 aromatic rings. The van der Waals surface area contributed by atoms with E-state index in [2.05, 4.69) is 12.2 Å². The van der Waals surface area contributed by atoms with E-state index in [1.54, 1.807) is 12.3 Å². The van der Waals surface area contributed by atoms with E-state index in [9.17, 15) is 24.0 Å². The third-order valence-electron chi connectivity index (χ3n) is 6.74. The molecule has 31 heavy (non-hydrogen) atoms. The lowest BCUT2D eigenvalue weighted by Crippen LogP contribution is -2.51. The fourth-order valence-electron chi connectivity index (χ4n) is 4.97. The lowest BCUT2D eigenvalue weighted by Gasteiger charge is -2.45. The molecule has 0 amide bonds. The maximum absolute atomic E-state index is 13.2. The lowest BCUT2D eigenvalue weighted by molar-refractivity contribution is -0.126. The smallest absolute Gasteiger partial charge is 0.229 e. The van der Waals surface area contributed by atoms with Crippen molar-refractivity contribution in [1.82, 2.24) is 5.32 Å². The number of ketones is 5. The van der Waals surface area contributed by atoms with Crippen molar-refractivity contribution in [3.8, 4) is 0 Å². The van der Waals surface area contributed by atoms with E-state index in [0.717, 1.165) is 19.3 Å². The summed E-state index contributed by atoms with van der Waals surface area (Å²) in [6, 6.07) is 2.98. The number of unbranched alkanes of at least 4 members (excludes halogenated alkanes) is 2. The number of rotatable bonds is 5. The summed E-state index contributed by atoms with van der Waals surface area (Å²) >= 11 is 0. The van der Waals surface area contributed by atoms with Gasteiger partial charge in [0, 0.05) is 46.8 Å². The van der Waals surface area contributed by atoms with Crippen LogP contribution in [0, 0.1) is 5.92 Å². The molecule has 6 nitrogen and oxygen atoms in total. The van der Waals surface area contributed by atoms with Crippen LogP contribution >= 0.6 is 0 Å². The standard InChI is InChI=1S/C25H25NO5/c1-3-4-5-10-26-13-17-21(29)8-9-25(2)18-12-15-14(19(27)6-7-20(15)28)11-16(18)23(30)24(31)22(17)25/h6-7,11-13,22,26H,3-5,8-10H2,1-2H3/b17-13+/t22?,25-/m0/s1. The number of benzene rings is 1. The molecule has 6 heteroatoms. The third kappa shape index (κ3) is 3.30. The van der Waals surface area contributed by atoms with Crippen LogP contribution in [0.15, 0.2) is 36.1 Å². The van der Waals surface area contributed by atoms with Crippen molar-refractivity contribution in [2.24, 2.45) is 5.92 Å². The Labute approximate surface area is 180 Å². The highest BCUT2D eigenvalue weighted by Crippen LogP contribution is 2.50. The lowest BCUT2D eigenvalue weighted by atomic mass is 9.55. The maximum atomic E-state index is 13.2. The predicted octanol–water partition coefficient (Wildman–Crippen LogP) is 3.29. The summed E-state index contributed by atoms with van der Waals surface area (Å²) in [6.45, 7) is 4.66. The van der Waals surface area contributed by atoms with Crippen LogP contribution < -0.4 is 5.32 Å². The number of fused-ring (bicyclic) bond motifs is 4. The van der Waals surface area contributed by atoms with Crippen LogP contribution in [0.3, 0.4) is 0 Å². The summed E-state index contributed by atoms with van der Waals surface area (Å²) in [5, 5.41) is 3.14. The minimum atomic E-state index is -0.893. The van der Waals surface area contributed by atoms with Gasteiger partial charge in [0.1, 0.15) is 0 Å². The zero-order valence-electron chi connectivity index (χ0n) is 17.7. The number of nitrogens with one attached hydrogen (secondary N) is 1. The zero-order chi connectivity index (χ0) is 22.3. The Bertz CT molecular complexity index is 1090. The highest BCUT2D eigenvalue weighted by molar-refractivity contribution is 6.47. The first-order valence-corrected chi connectivity index (χ1v) is 10.8. The first kappa shape index (κ1) is 21.1. The Morgan fingerprint density at radius 3 is 2.35 bits per heavy atom. The van der Waals surface area contributed by atoms with Gasteiger partial charge in [0.2, 0.25) is 11.6 Å². The molecule has 1 fully saturated rings. The number of hydrogen-bond acceptors (Lipinski definition) is 6. The van der Waals surface area contributed by atoms with Crippen LogP contribution in [0.5, 0.6) is 0 Å². The van der Waals surface area contributed by atoms with Crippen LogP contribution in [0.4, 0.5) is 0 Å². The molecule has 0 bridgehead atoms. The fourth-order valence-corrected chi connectivity index (χ4v) is 4.97. The Morgan fingerprint density at radius 1 is 1.00 bits per heavy atom. The van der Waals surface area contributed by atoms with Crippen molar-refractivity contribution >= 4 is 28.9 Å². The first-order chi connectivity index (χ1) is 14.8. The van der Waals surface area contributed by atoms with Gasteiger partial charge in [-0.2, -0.15) is 0 Å². The second kappa shape index (κ2) is 7.84. The Morgan fingerprint density at radius 2 is 1.68 bits per heavy atom. The molecule has 0 heterocycles. The fraction of sp³-hybridized carbons (Fsp3) is 0.400. The van der Waals surface area contributed by atoms with Gasteiger partial charge in [-0.1, -0.05) is 26.7 Å². The Hall–Kier alpha value is -3.15. The van der Waals surface area contributed by atoms with Crippen LogP contribution in [-0.2, 0) is 15.0 Å². The number of Topliss-reactive ketones (excluding diaryl/α,β-unsaturated/α-hetero) is 3. The number of allylic oxidation sites excluding steroid dienone is 3. The summed E-state index contributed by atoms with van der Waals surface area (Å²) in [6.07, 6.45) is 7.73. The van der Waals surface area contributed by atoms with Crippen molar-refractivity contribution in [1.29, 1.82) is 0 Å². The molecule has 4 rings (SSSR count). The average molecular weight is 419 g/mol. The second-order valence-corrected chi connectivity index (χ2v) is 8.73. The molecule has 2 atom stereocenters. The maximum Gasteiger partial charge on any atom is 0.229 e. The average Bonchev–Trinajstić information content (AvgIpc) is 2.76. The third-order valence-corrected chi connectivity index (χ3v) is 6.74. The molecule has 0 aromatic heterocycles. The largest absolute Gasteiger partial charge is 0.391 e. The topological polar surface area (TPSA) is 97.4 Å². The number of carbonyl (C=O) groups is 5. The van der Waals surface area contributed by atoms with Gasteiger partial charge in [0.25, 0.3) is 0 Å². The quantitative estimate of drug-likeness (QED) is 0.447. The van der Waals surface area contributed by atoms with Crippen molar-refractivity contribution in [3.05, 3.63) is 58.3 Å². The predicted molar refractivity (Wildman–Crippen MR) is 114 cm³/mol. The Balaban J connectivity index is 1.80. The molecule has 0 saturated heterocycles. The van der Waals surface area contributed by atoms with Crippen LogP contribution in [-0.4, -0.2) is 35.5 Å². The van der Waals surface area contributed by atoms with Gasteiger partial charge in [-0.05, 0) is 42.7 Å². The molecule has 3 aliphatic rings. The number of carbonyl (C=O) groups excluding carboxylic acids is 5. The second-order valence-electron chi connectivity index (χ2n) is 8.73. The van der Waals surface area contributed by atoms with Crippen molar-refractivity contribution < 1.29 is 24.0 Å². The van der Waals surface area contributed by atoms with E-state index in [1.807, 2.05) is 6.92 Å². The Kier molecular flexibility index (Phi) is 5.33. The van der Waals surface area contributed by atoms with Crippen molar-refractivity contribution in [2.75, 3.05) is 6.54 Å². The van der Waals surface area contributed by atoms with Gasteiger partial charge in [-0.15, -0.1) is 0 Å². The summed E-state index contributed by atoms with van der Waals surface area (Å²) in [7, 11) is 0. The number of hydrogen-bond donors (Lipinski definition) is 1. The van der Waals surface area contributed by atoms with Crippen LogP contribution in [0.25, 0.3) is 0 Å². The van der Waals surface area contributed by atoms with Gasteiger partial charge in [0.05, 0.1) is 5.92 Å². The molecule has 160 valence electrons. The SMILES string of the molecule is CCCCCN/C=C1\C(=O)CC[C@@]2(C)c3cc4c(cc3C(=O)C(=O)C12)C(=O)C=CC4=O. The molecule has 0 aliphatic heterocycles. The zero-order valence-corrected chi connectivity index (χ0v) is 17.7. The molecule has 1 saturated carbocycles. The highest BCUT2D eigenvalue weighted by Gasteiger charge is 2.54. The summed E-state index contributed by atoms with van der Waals surface area (Å²) in [5.74, 6) is -3.03. The molecule has 0 radical (unpaired) electrons. The summed E-state index contributed by atoms with van der Waals surface area (Å²) in [5.41, 5.74) is 0.660. The van der Waals surface area contributed by atoms with E-state index in [4.69, 9.17) is 0 Å². The van der Waals surface area contributed by atoms with Gasteiger partial charge in [-0.3, -0.25) is 24.0 Å². The van der Waals surface area contributed by atoms with E-state index < -0.39 is 22.9 Å². The molecule has 0 spiro atoms. The van der Waals surface area contributed by atoms with E-state index >= 15 is 0 Å².